The Bertz CT molecular complexity index is 836. The molecule has 2 unspecified atom stereocenters. The molecule has 0 aliphatic rings. The molecule has 2 atom stereocenters. The lowest BCUT2D eigenvalue weighted by Crippen LogP contribution is -2.20. The Morgan fingerprint density at radius 1 is 0.812 bits per heavy atom. The van der Waals surface area contributed by atoms with E-state index in [0.29, 0.717) is 30.3 Å². The summed E-state index contributed by atoms with van der Waals surface area (Å²) in [6.45, 7) is 2.60. The third kappa shape index (κ3) is 8.56. The van der Waals surface area contributed by atoms with Crippen LogP contribution < -0.4 is 9.47 Å². The predicted octanol–water partition coefficient (Wildman–Crippen LogP) is 3.50. The van der Waals surface area contributed by atoms with Crippen molar-refractivity contribution in [3.05, 3.63) is 59.7 Å². The summed E-state index contributed by atoms with van der Waals surface area (Å²) in [4.78, 5) is 22.8. The zero-order chi connectivity index (χ0) is 23.9. The maximum absolute atomic E-state index is 11.8. The molecule has 8 nitrogen and oxygen atoms in total. The van der Waals surface area contributed by atoms with E-state index in [2.05, 4.69) is 0 Å². The summed E-state index contributed by atoms with van der Waals surface area (Å²) < 4.78 is 25.1. The van der Waals surface area contributed by atoms with Gasteiger partial charge in [0.2, 0.25) is 0 Å². The summed E-state index contributed by atoms with van der Waals surface area (Å²) in [6, 6.07) is 14.4. The first-order valence-electron chi connectivity index (χ1n) is 10.1. The number of methoxy groups -OCH3 is 4. The largest absolute Gasteiger partial charge is 0.497 e. The molecule has 0 aliphatic carbocycles. The second-order valence-corrected chi connectivity index (χ2v) is 6.66. The van der Waals surface area contributed by atoms with E-state index < -0.39 is 17.8 Å². The molecular formula is C24H32O8. The van der Waals surface area contributed by atoms with Gasteiger partial charge >= 0.3 is 11.9 Å². The third-order valence-corrected chi connectivity index (χ3v) is 4.53. The average Bonchev–Trinajstić information content (AvgIpc) is 2.81. The van der Waals surface area contributed by atoms with E-state index in [-0.39, 0.29) is 12.6 Å². The van der Waals surface area contributed by atoms with Gasteiger partial charge in [-0.15, -0.1) is 0 Å². The summed E-state index contributed by atoms with van der Waals surface area (Å²) in [5, 5.41) is 9.00. The Morgan fingerprint density at radius 2 is 1.28 bits per heavy atom. The molecular weight excluding hydrogens is 416 g/mol. The zero-order valence-corrected chi connectivity index (χ0v) is 19.2. The van der Waals surface area contributed by atoms with Crippen molar-refractivity contribution in [3.8, 4) is 11.5 Å². The molecule has 0 heterocycles. The number of rotatable bonds is 11. The van der Waals surface area contributed by atoms with E-state index in [1.807, 2.05) is 24.3 Å². The van der Waals surface area contributed by atoms with Crippen molar-refractivity contribution in [1.29, 1.82) is 0 Å². The maximum Gasteiger partial charge on any atom is 0.315 e. The smallest absolute Gasteiger partial charge is 0.315 e. The van der Waals surface area contributed by atoms with Crippen molar-refractivity contribution in [3.63, 3.8) is 0 Å². The molecule has 0 radical (unpaired) electrons. The lowest BCUT2D eigenvalue weighted by Gasteiger charge is -2.15. The monoisotopic (exact) mass is 448 g/mol. The molecule has 8 heteroatoms. The summed E-state index contributed by atoms with van der Waals surface area (Å²) in [6.07, 6.45) is 0. The molecule has 2 aromatic carbocycles. The Hall–Kier alpha value is -3.10. The second-order valence-electron chi connectivity index (χ2n) is 6.66. The van der Waals surface area contributed by atoms with E-state index in [9.17, 15) is 9.59 Å². The number of hydrogen-bond donors (Lipinski definition) is 1. The quantitative estimate of drug-likeness (QED) is 0.522. The van der Waals surface area contributed by atoms with Gasteiger partial charge in [-0.1, -0.05) is 24.3 Å². The summed E-state index contributed by atoms with van der Waals surface area (Å²) >= 11 is 0. The van der Waals surface area contributed by atoms with Gasteiger partial charge in [-0.25, -0.2) is 0 Å². The fourth-order valence-corrected chi connectivity index (χ4v) is 2.90. The molecule has 0 aromatic heterocycles. The lowest BCUT2D eigenvalue weighted by molar-refractivity contribution is -0.146. The molecule has 32 heavy (non-hydrogen) atoms. The number of carboxylic acid groups (broad SMARTS) is 1. The highest BCUT2D eigenvalue weighted by molar-refractivity contribution is 5.78. The minimum absolute atomic E-state index is 0.155. The van der Waals surface area contributed by atoms with Crippen molar-refractivity contribution < 1.29 is 38.4 Å². The fourth-order valence-electron chi connectivity index (χ4n) is 2.90. The number of hydrogen-bond acceptors (Lipinski definition) is 7. The van der Waals surface area contributed by atoms with Crippen LogP contribution in [0.25, 0.3) is 0 Å². The molecule has 176 valence electrons. The second kappa shape index (κ2) is 14.8. The number of ether oxygens (including phenoxy) is 5. The van der Waals surface area contributed by atoms with Crippen molar-refractivity contribution in [2.24, 2.45) is 0 Å². The predicted molar refractivity (Wildman–Crippen MR) is 119 cm³/mol. The highest BCUT2D eigenvalue weighted by Crippen LogP contribution is 2.23. The van der Waals surface area contributed by atoms with Gasteiger partial charge in [-0.05, 0) is 42.3 Å². The first-order chi connectivity index (χ1) is 15.4. The number of benzene rings is 2. The van der Waals surface area contributed by atoms with Crippen molar-refractivity contribution in [2.45, 2.75) is 18.8 Å². The van der Waals surface area contributed by atoms with Gasteiger partial charge in [0.15, 0.2) is 0 Å². The number of carbonyl (C=O) groups excluding carboxylic acids is 1. The number of esters is 1. The van der Waals surface area contributed by atoms with Crippen LogP contribution in [0.4, 0.5) is 0 Å². The van der Waals surface area contributed by atoms with Crippen LogP contribution in [-0.2, 0) is 23.8 Å². The highest BCUT2D eigenvalue weighted by atomic mass is 16.5. The maximum atomic E-state index is 11.8. The number of aliphatic carboxylic acids is 1. The van der Waals surface area contributed by atoms with Gasteiger partial charge in [0.1, 0.15) is 23.3 Å². The summed E-state index contributed by atoms with van der Waals surface area (Å²) in [7, 11) is 6.18. The zero-order valence-electron chi connectivity index (χ0n) is 19.2. The van der Waals surface area contributed by atoms with Gasteiger partial charge < -0.3 is 28.8 Å². The van der Waals surface area contributed by atoms with Gasteiger partial charge in [0.05, 0.1) is 34.0 Å². The molecule has 0 saturated heterocycles. The van der Waals surface area contributed by atoms with Crippen molar-refractivity contribution >= 4 is 11.9 Å². The van der Waals surface area contributed by atoms with E-state index in [4.69, 9.17) is 28.8 Å². The Labute approximate surface area is 189 Å². The number of carboxylic acids is 1. The molecule has 2 aromatic rings. The first-order valence-corrected chi connectivity index (χ1v) is 10.1. The van der Waals surface area contributed by atoms with Crippen LogP contribution in [0.15, 0.2) is 48.5 Å². The Kier molecular flexibility index (Phi) is 12.5. The van der Waals surface area contributed by atoms with Crippen LogP contribution in [0.5, 0.6) is 11.5 Å². The first kappa shape index (κ1) is 26.9. The molecule has 1 N–H and O–H groups in total. The summed E-state index contributed by atoms with van der Waals surface area (Å²) in [5.41, 5.74) is 1.52. The third-order valence-electron chi connectivity index (χ3n) is 4.53. The van der Waals surface area contributed by atoms with Crippen molar-refractivity contribution in [2.75, 3.05) is 48.3 Å². The topological polar surface area (TPSA) is 101 Å². The highest BCUT2D eigenvalue weighted by Gasteiger charge is 2.22. The molecule has 2 rings (SSSR count). The van der Waals surface area contributed by atoms with Gasteiger partial charge in [-0.2, -0.15) is 0 Å². The van der Waals surface area contributed by atoms with Gasteiger partial charge in [0, 0.05) is 14.2 Å². The SMILES string of the molecule is CCOC(=O)C(COC)c1cccc(OC)c1.COCC(C(=O)O)c1cccc(OC)c1. The fraction of sp³-hybridized carbons (Fsp3) is 0.417. The normalized spacial score (nSPS) is 12.0. The van der Waals surface area contributed by atoms with E-state index >= 15 is 0 Å². The minimum atomic E-state index is -0.898. The lowest BCUT2D eigenvalue weighted by atomic mass is 10.00. The Morgan fingerprint density at radius 3 is 1.69 bits per heavy atom. The molecule has 0 aliphatic heterocycles. The molecule has 0 fully saturated rings. The van der Waals surface area contributed by atoms with Crippen LogP contribution in [0.3, 0.4) is 0 Å². The van der Waals surface area contributed by atoms with Crippen LogP contribution >= 0.6 is 0 Å². The molecule has 0 saturated carbocycles. The Balaban J connectivity index is 0.000000323. The van der Waals surface area contributed by atoms with Crippen LogP contribution in [-0.4, -0.2) is 65.3 Å². The van der Waals surface area contributed by atoms with E-state index in [1.54, 1.807) is 52.5 Å². The van der Waals surface area contributed by atoms with E-state index in [0.717, 1.165) is 5.56 Å². The molecule has 0 spiro atoms. The molecule has 0 amide bonds. The van der Waals surface area contributed by atoms with Gasteiger partial charge in [-0.3, -0.25) is 9.59 Å². The van der Waals surface area contributed by atoms with E-state index in [1.165, 1.54) is 7.11 Å². The average molecular weight is 449 g/mol. The summed E-state index contributed by atoms with van der Waals surface area (Å²) in [5.74, 6) is -0.865. The number of carbonyl (C=O) groups is 2. The molecule has 0 bridgehead atoms. The van der Waals surface area contributed by atoms with Gasteiger partial charge in [0.25, 0.3) is 0 Å². The minimum Gasteiger partial charge on any atom is -0.497 e. The standard InChI is InChI=1S/C13H18O4.C11H14O4/c1-4-17-13(14)12(9-15-2)10-6-5-7-11(8-10)16-3;1-14-7-10(11(12)13)8-4-3-5-9(6-8)15-2/h5-8,12H,4,9H2,1-3H3;3-6,10H,7H2,1-2H3,(H,12,13). The van der Waals surface area contributed by atoms with Crippen LogP contribution in [0.2, 0.25) is 0 Å². The van der Waals surface area contributed by atoms with Crippen LogP contribution in [0, 0.1) is 0 Å². The van der Waals surface area contributed by atoms with Crippen LogP contribution in [0.1, 0.15) is 29.9 Å². The van der Waals surface area contributed by atoms with Crippen molar-refractivity contribution in [1.82, 2.24) is 0 Å².